The number of anilines is 2. The molecule has 10 nitrogen and oxygen atoms in total. The van der Waals surface area contributed by atoms with Crippen molar-refractivity contribution in [2.45, 2.75) is 13.3 Å². The van der Waals surface area contributed by atoms with Gasteiger partial charge < -0.3 is 14.8 Å². The minimum absolute atomic E-state index is 0.0170. The Morgan fingerprint density at radius 3 is 2.64 bits per heavy atom. The third kappa shape index (κ3) is 6.96. The van der Waals surface area contributed by atoms with Gasteiger partial charge in [0.05, 0.1) is 25.4 Å². The molecule has 1 fully saturated rings. The Kier molecular flexibility index (Phi) is 7.76. The van der Waals surface area contributed by atoms with Crippen LogP contribution >= 0.6 is 11.3 Å². The first kappa shape index (κ1) is 25.5. The fourth-order valence-electron chi connectivity index (χ4n) is 3.33. The molecule has 0 saturated carbocycles. The van der Waals surface area contributed by atoms with Crippen LogP contribution in [-0.4, -0.2) is 71.1 Å². The largest absolute Gasteiger partial charge is 0.573 e. The van der Waals surface area contributed by atoms with Crippen LogP contribution < -0.4 is 15.4 Å². The van der Waals surface area contributed by atoms with Crippen molar-refractivity contribution in [3.8, 4) is 16.5 Å². The molecule has 0 spiro atoms. The Labute approximate surface area is 207 Å². The number of alkyl halides is 3. The average molecular weight is 523 g/mol. The monoisotopic (exact) mass is 522 g/mol. The number of carbonyl (C=O) groups excluding carboxylic acids is 2. The molecule has 1 saturated heterocycles. The summed E-state index contributed by atoms with van der Waals surface area (Å²) in [5.41, 5.74) is 1.26. The van der Waals surface area contributed by atoms with Crippen molar-refractivity contribution in [2.24, 2.45) is 0 Å². The van der Waals surface area contributed by atoms with Crippen molar-refractivity contribution < 1.29 is 32.2 Å². The zero-order chi connectivity index (χ0) is 25.7. The maximum atomic E-state index is 12.9. The molecule has 1 aliphatic heterocycles. The number of pyridine rings is 1. The van der Waals surface area contributed by atoms with Crippen molar-refractivity contribution in [3.05, 3.63) is 47.7 Å². The van der Waals surface area contributed by atoms with Gasteiger partial charge in [0, 0.05) is 24.8 Å². The summed E-state index contributed by atoms with van der Waals surface area (Å²) in [7, 11) is 0. The number of ether oxygens (including phenoxy) is 2. The molecule has 0 unspecified atom stereocenters. The van der Waals surface area contributed by atoms with Gasteiger partial charge in [0.2, 0.25) is 11.0 Å². The first-order chi connectivity index (χ1) is 17.2. The second-order valence-corrected chi connectivity index (χ2v) is 8.76. The lowest BCUT2D eigenvalue weighted by atomic mass is 10.1. The van der Waals surface area contributed by atoms with Gasteiger partial charge in [-0.25, -0.2) is 0 Å². The van der Waals surface area contributed by atoms with Crippen LogP contribution in [0.15, 0.2) is 36.5 Å². The van der Waals surface area contributed by atoms with Crippen molar-refractivity contribution in [1.82, 2.24) is 20.1 Å². The number of hydrogen-bond acceptors (Lipinski definition) is 9. The van der Waals surface area contributed by atoms with E-state index in [1.54, 1.807) is 11.1 Å². The van der Waals surface area contributed by atoms with E-state index < -0.39 is 23.9 Å². The molecule has 190 valence electrons. The Morgan fingerprint density at radius 2 is 1.92 bits per heavy atom. The lowest BCUT2D eigenvalue weighted by Crippen LogP contribution is -2.41. The van der Waals surface area contributed by atoms with Crippen LogP contribution in [0.4, 0.5) is 24.0 Å². The highest BCUT2D eigenvalue weighted by Crippen LogP contribution is 2.32. The molecule has 1 aliphatic rings. The van der Waals surface area contributed by atoms with Crippen LogP contribution in [0.5, 0.6) is 5.75 Å². The lowest BCUT2D eigenvalue weighted by Gasteiger charge is -2.26. The standard InChI is InChI=1S/C22H21F3N6O4S/c1-13-4-5-26-16(10-13)20-29-30-21(36-20)28-19(33)14-2-3-17(35-22(23,24)25)15(11-14)27-18(32)12-31-6-8-34-9-7-31/h2-5,10-11H,6-9,12H2,1H3,(H,27,32)(H,28,30,33). The third-order valence-corrected chi connectivity index (χ3v) is 5.85. The molecule has 4 rings (SSSR count). The van der Waals surface area contributed by atoms with E-state index in [1.165, 1.54) is 0 Å². The van der Waals surface area contributed by atoms with Gasteiger partial charge in [-0.2, -0.15) is 0 Å². The van der Waals surface area contributed by atoms with Crippen LogP contribution in [0.3, 0.4) is 0 Å². The Hall–Kier alpha value is -3.62. The molecule has 3 aromatic rings. The second kappa shape index (κ2) is 11.0. The van der Waals surface area contributed by atoms with E-state index in [4.69, 9.17) is 4.74 Å². The highest BCUT2D eigenvalue weighted by atomic mass is 32.1. The van der Waals surface area contributed by atoms with Crippen molar-refractivity contribution >= 4 is 34.0 Å². The molecule has 2 N–H and O–H groups in total. The molecule has 2 aromatic heterocycles. The van der Waals surface area contributed by atoms with Gasteiger partial charge in [-0.15, -0.1) is 23.4 Å². The first-order valence-electron chi connectivity index (χ1n) is 10.7. The van der Waals surface area contributed by atoms with Crippen LogP contribution in [0.2, 0.25) is 0 Å². The quantitative estimate of drug-likeness (QED) is 0.485. The van der Waals surface area contributed by atoms with Crippen LogP contribution in [0.25, 0.3) is 10.7 Å². The average Bonchev–Trinajstić information content (AvgIpc) is 3.28. The normalized spacial score (nSPS) is 14.3. The number of rotatable bonds is 7. The summed E-state index contributed by atoms with van der Waals surface area (Å²) in [6, 6.07) is 6.87. The molecule has 0 aliphatic carbocycles. The second-order valence-electron chi connectivity index (χ2n) is 7.78. The summed E-state index contributed by atoms with van der Waals surface area (Å²) in [4.78, 5) is 31.3. The summed E-state index contributed by atoms with van der Waals surface area (Å²) in [6.07, 6.45) is -3.36. The molecular formula is C22H21F3N6O4S. The number of benzene rings is 1. The maximum absolute atomic E-state index is 12.9. The first-order valence-corrected chi connectivity index (χ1v) is 11.6. The van der Waals surface area contributed by atoms with E-state index in [1.807, 2.05) is 19.1 Å². The zero-order valence-corrected chi connectivity index (χ0v) is 19.8. The number of halogens is 3. The van der Waals surface area contributed by atoms with Gasteiger partial charge in [0.25, 0.3) is 5.91 Å². The number of nitrogens with zero attached hydrogens (tertiary/aromatic N) is 4. The van der Waals surface area contributed by atoms with Crippen molar-refractivity contribution in [2.75, 3.05) is 43.5 Å². The fourth-order valence-corrected chi connectivity index (χ4v) is 4.04. The predicted octanol–water partition coefficient (Wildman–Crippen LogP) is 3.33. The van der Waals surface area contributed by atoms with Gasteiger partial charge in [-0.3, -0.25) is 24.8 Å². The van der Waals surface area contributed by atoms with Gasteiger partial charge in [0.1, 0.15) is 5.69 Å². The zero-order valence-electron chi connectivity index (χ0n) is 19.0. The van der Waals surface area contributed by atoms with Crippen LogP contribution in [0.1, 0.15) is 15.9 Å². The third-order valence-electron chi connectivity index (χ3n) is 4.99. The van der Waals surface area contributed by atoms with Gasteiger partial charge in [0.15, 0.2) is 10.8 Å². The minimum atomic E-state index is -4.99. The summed E-state index contributed by atoms with van der Waals surface area (Å²) < 4.78 is 47.9. The van der Waals surface area contributed by atoms with Crippen LogP contribution in [-0.2, 0) is 9.53 Å². The smallest absolute Gasteiger partial charge is 0.404 e. The highest BCUT2D eigenvalue weighted by molar-refractivity contribution is 7.18. The number of hydrogen-bond donors (Lipinski definition) is 2. The van der Waals surface area contributed by atoms with E-state index in [0.717, 1.165) is 35.1 Å². The molecule has 1 aromatic carbocycles. The van der Waals surface area contributed by atoms with E-state index in [0.29, 0.717) is 37.0 Å². The van der Waals surface area contributed by atoms with Gasteiger partial charge in [-0.1, -0.05) is 11.3 Å². The number of nitrogens with one attached hydrogen (secondary N) is 2. The molecule has 0 bridgehead atoms. The van der Waals surface area contributed by atoms with Crippen LogP contribution in [0, 0.1) is 6.92 Å². The number of amides is 2. The number of carbonyl (C=O) groups is 2. The number of aryl methyl sites for hydroxylation is 1. The Bertz CT molecular complexity index is 1250. The maximum Gasteiger partial charge on any atom is 0.573 e. The lowest BCUT2D eigenvalue weighted by molar-refractivity contribution is -0.274. The number of aromatic nitrogens is 3. The minimum Gasteiger partial charge on any atom is -0.404 e. The van der Waals surface area contributed by atoms with Gasteiger partial charge in [-0.05, 0) is 42.8 Å². The summed E-state index contributed by atoms with van der Waals surface area (Å²) in [6.45, 7) is 3.80. The van der Waals surface area contributed by atoms with E-state index in [2.05, 4.69) is 30.6 Å². The van der Waals surface area contributed by atoms with E-state index >= 15 is 0 Å². The fraction of sp³-hybridized carbons (Fsp3) is 0.318. The molecule has 0 atom stereocenters. The molecule has 2 amide bonds. The SMILES string of the molecule is Cc1ccnc(-c2nnc(NC(=O)c3ccc(OC(F)(F)F)c(NC(=O)CN4CCOCC4)c3)s2)c1. The Morgan fingerprint density at radius 1 is 1.14 bits per heavy atom. The molecular weight excluding hydrogens is 501 g/mol. The summed E-state index contributed by atoms with van der Waals surface area (Å²) >= 11 is 1.09. The topological polar surface area (TPSA) is 119 Å². The van der Waals surface area contributed by atoms with Crippen molar-refractivity contribution in [1.29, 1.82) is 0 Å². The van der Waals surface area contributed by atoms with Crippen molar-refractivity contribution in [3.63, 3.8) is 0 Å². The molecule has 0 radical (unpaired) electrons. The van der Waals surface area contributed by atoms with E-state index in [9.17, 15) is 22.8 Å². The molecule has 14 heteroatoms. The number of morpholine rings is 1. The Balaban J connectivity index is 1.50. The van der Waals surface area contributed by atoms with Gasteiger partial charge >= 0.3 is 6.36 Å². The highest BCUT2D eigenvalue weighted by Gasteiger charge is 2.32. The molecule has 3 heterocycles. The predicted molar refractivity (Wildman–Crippen MR) is 125 cm³/mol. The molecule has 36 heavy (non-hydrogen) atoms. The van der Waals surface area contributed by atoms with E-state index in [-0.39, 0.29) is 22.9 Å². The summed E-state index contributed by atoms with van der Waals surface area (Å²) in [5, 5.41) is 13.6. The summed E-state index contributed by atoms with van der Waals surface area (Å²) in [5.74, 6) is -1.85.